The number of hydrogen-bond donors (Lipinski definition) is 2. The van der Waals surface area contributed by atoms with E-state index in [0.717, 1.165) is 38.2 Å². The Morgan fingerprint density at radius 2 is 1.77 bits per heavy atom. The third kappa shape index (κ3) is 7.77. The van der Waals surface area contributed by atoms with Crippen molar-refractivity contribution in [1.82, 2.24) is 29.7 Å². The van der Waals surface area contributed by atoms with Crippen molar-refractivity contribution in [2.45, 2.75) is 26.1 Å². The highest BCUT2D eigenvalue weighted by Crippen LogP contribution is 2.35. The highest BCUT2D eigenvalue weighted by molar-refractivity contribution is 5.92. The molecule has 2 N–H and O–H groups in total. The van der Waals surface area contributed by atoms with Crippen LogP contribution >= 0.6 is 0 Å². The van der Waals surface area contributed by atoms with Gasteiger partial charge in [-0.2, -0.15) is 0 Å². The van der Waals surface area contributed by atoms with Gasteiger partial charge in [0.2, 0.25) is 5.95 Å². The molecule has 0 spiro atoms. The van der Waals surface area contributed by atoms with Crippen LogP contribution in [0, 0.1) is 0 Å². The van der Waals surface area contributed by atoms with Crippen molar-refractivity contribution in [3.8, 4) is 17.2 Å². The summed E-state index contributed by atoms with van der Waals surface area (Å²) in [6.07, 6.45) is -3.24. The van der Waals surface area contributed by atoms with Crippen LogP contribution in [0.2, 0.25) is 0 Å². The Balaban J connectivity index is 0.00000288. The number of fused-ring (bicyclic) bond motifs is 1. The highest BCUT2D eigenvalue weighted by atomic mass is 19.4. The number of ether oxygens (including phenoxy) is 2. The van der Waals surface area contributed by atoms with Crippen molar-refractivity contribution in [3.63, 3.8) is 0 Å². The average molecular weight is 616 g/mol. The summed E-state index contributed by atoms with van der Waals surface area (Å²) in [5.41, 5.74) is 2.71. The third-order valence-electron chi connectivity index (χ3n) is 7.48. The Bertz CT molecular complexity index is 1630. The van der Waals surface area contributed by atoms with Gasteiger partial charge in [-0.05, 0) is 54.9 Å². The molecule has 3 heterocycles. The van der Waals surface area contributed by atoms with E-state index >= 15 is 0 Å². The fourth-order valence-electron chi connectivity index (χ4n) is 5.00. The highest BCUT2D eigenvalue weighted by Gasteiger charge is 2.32. The van der Waals surface area contributed by atoms with Crippen LogP contribution in [0.5, 0.6) is 17.2 Å². The lowest BCUT2D eigenvalue weighted by molar-refractivity contribution is -0.274. The molecule has 238 valence electrons. The first kappa shape index (κ1) is 31.1. The summed E-state index contributed by atoms with van der Waals surface area (Å²) in [5, 5.41) is 6.13. The first-order valence-electron chi connectivity index (χ1n) is 14.4. The largest absolute Gasteiger partial charge is 0.573 e. The van der Waals surface area contributed by atoms with E-state index in [2.05, 4.69) is 42.2 Å². The van der Waals surface area contributed by atoms with Gasteiger partial charge in [0.1, 0.15) is 22.9 Å². The van der Waals surface area contributed by atoms with Crippen LogP contribution in [0.25, 0.3) is 11.0 Å². The van der Waals surface area contributed by atoms with E-state index in [1.807, 2.05) is 17.7 Å². The molecule has 0 atom stereocenters. The molecule has 1 fully saturated rings. The number of carbonyl (C=O) groups is 1. The molecule has 1 aliphatic heterocycles. The smallest absolute Gasteiger partial charge is 0.457 e. The molecule has 0 bridgehead atoms. The molecule has 4 aromatic rings. The number of aryl methyl sites for hydroxylation is 1. The van der Waals surface area contributed by atoms with Crippen LogP contribution in [0.1, 0.15) is 38.7 Å². The number of amides is 1. The second-order valence-corrected chi connectivity index (χ2v) is 11.1. The van der Waals surface area contributed by atoms with E-state index < -0.39 is 6.36 Å². The number of alkyl halides is 3. The first-order chi connectivity index (χ1) is 20.9. The number of rotatable bonds is 10. The average Bonchev–Trinajstić information content (AvgIpc) is 3.28. The molecule has 0 saturated carbocycles. The standard InChI is InChI=1S/C31H36F3N7O3.2H2/c1-20(2)24-17-21(5-8-28(24)44-31(32,33)34)37-30-38-25-18-22(6-7-27(25)40(30)4)43-23-9-10-35-26(19-23)29(42)36-11-12-41-15-13-39(3)14-16-41;;/h5-10,17-20H,11-16H2,1-4H3,(H,36,42)(H,37,38);2*1H. The number of piperazine rings is 1. The summed E-state index contributed by atoms with van der Waals surface area (Å²) < 4.78 is 50.7. The van der Waals surface area contributed by atoms with E-state index in [1.165, 1.54) is 18.3 Å². The van der Waals surface area contributed by atoms with E-state index in [-0.39, 0.29) is 26.1 Å². The van der Waals surface area contributed by atoms with Gasteiger partial charge >= 0.3 is 6.36 Å². The molecule has 0 radical (unpaired) electrons. The fourth-order valence-corrected chi connectivity index (χ4v) is 5.00. The molecule has 0 unspecified atom stereocenters. The number of likely N-dealkylation sites (N-methyl/N-ethyl adjacent to an activating group) is 1. The second-order valence-electron chi connectivity index (χ2n) is 11.1. The zero-order valence-electron chi connectivity index (χ0n) is 25.1. The van der Waals surface area contributed by atoms with E-state index in [9.17, 15) is 18.0 Å². The molecule has 13 heteroatoms. The van der Waals surface area contributed by atoms with E-state index in [1.54, 1.807) is 44.2 Å². The second kappa shape index (κ2) is 13.1. The van der Waals surface area contributed by atoms with Crippen LogP contribution in [-0.2, 0) is 7.05 Å². The van der Waals surface area contributed by atoms with Crippen LogP contribution in [0.4, 0.5) is 24.8 Å². The van der Waals surface area contributed by atoms with Gasteiger partial charge in [0.25, 0.3) is 5.91 Å². The SMILES string of the molecule is CC(C)c1cc(Nc2nc3cc(Oc4ccnc(C(=O)NCCN5CCN(C)CC5)c4)ccc3n2C)ccc1OC(F)(F)F.[HH].[HH]. The van der Waals surface area contributed by atoms with Crippen LogP contribution in [-0.4, -0.2) is 82.9 Å². The van der Waals surface area contributed by atoms with Crippen molar-refractivity contribution in [3.05, 3.63) is 66.0 Å². The van der Waals surface area contributed by atoms with Gasteiger partial charge in [0, 0.05) is 73.2 Å². The maximum Gasteiger partial charge on any atom is 0.573 e. The number of nitrogens with one attached hydrogen (secondary N) is 2. The maximum atomic E-state index is 12.9. The summed E-state index contributed by atoms with van der Waals surface area (Å²) in [6.45, 7) is 8.93. The van der Waals surface area contributed by atoms with Crippen molar-refractivity contribution < 1.29 is 30.3 Å². The molecular weight excluding hydrogens is 575 g/mol. The Morgan fingerprint density at radius 1 is 1.02 bits per heavy atom. The van der Waals surface area contributed by atoms with Crippen molar-refractivity contribution in [2.75, 3.05) is 51.6 Å². The molecule has 0 aliphatic carbocycles. The quantitative estimate of drug-likeness (QED) is 0.225. The van der Waals surface area contributed by atoms with Crippen molar-refractivity contribution in [1.29, 1.82) is 0 Å². The molecule has 5 rings (SSSR count). The van der Waals surface area contributed by atoms with Crippen LogP contribution in [0.3, 0.4) is 0 Å². The Morgan fingerprint density at radius 3 is 2.50 bits per heavy atom. The predicted octanol–water partition coefficient (Wildman–Crippen LogP) is 6.00. The third-order valence-corrected chi connectivity index (χ3v) is 7.48. The van der Waals surface area contributed by atoms with Gasteiger partial charge < -0.3 is 29.6 Å². The Labute approximate surface area is 256 Å². The van der Waals surface area contributed by atoms with E-state index in [0.29, 0.717) is 40.8 Å². The minimum absolute atomic E-state index is 0. The normalized spacial score (nSPS) is 14.6. The number of halogens is 3. The number of nitrogens with zero attached hydrogens (tertiary/aromatic N) is 5. The van der Waals surface area contributed by atoms with E-state index in [4.69, 9.17) is 4.74 Å². The Kier molecular flexibility index (Phi) is 9.25. The molecule has 1 aliphatic rings. The summed E-state index contributed by atoms with van der Waals surface area (Å²) in [4.78, 5) is 26.2. The van der Waals surface area contributed by atoms with Gasteiger partial charge in [0.05, 0.1) is 11.0 Å². The van der Waals surface area contributed by atoms with Crippen molar-refractivity contribution in [2.24, 2.45) is 7.05 Å². The molecule has 1 amide bonds. The first-order valence-corrected chi connectivity index (χ1v) is 14.4. The van der Waals surface area contributed by atoms with Gasteiger partial charge in [-0.1, -0.05) is 13.8 Å². The number of benzene rings is 2. The summed E-state index contributed by atoms with van der Waals surface area (Å²) >= 11 is 0. The van der Waals surface area contributed by atoms with Gasteiger partial charge in [0.15, 0.2) is 0 Å². The number of pyridine rings is 1. The predicted molar refractivity (Wildman–Crippen MR) is 166 cm³/mol. The number of carbonyl (C=O) groups excluding carboxylic acids is 1. The minimum atomic E-state index is -4.77. The molecule has 44 heavy (non-hydrogen) atoms. The lowest BCUT2D eigenvalue weighted by Gasteiger charge is -2.32. The maximum absolute atomic E-state index is 12.9. The Hall–Kier alpha value is -4.36. The number of hydrogen-bond acceptors (Lipinski definition) is 8. The zero-order valence-corrected chi connectivity index (χ0v) is 25.1. The number of aromatic nitrogens is 3. The van der Waals surface area contributed by atoms with Gasteiger partial charge in [-0.3, -0.25) is 14.7 Å². The molecule has 2 aromatic carbocycles. The molecule has 1 saturated heterocycles. The van der Waals surface area contributed by atoms with Crippen LogP contribution in [0.15, 0.2) is 54.7 Å². The van der Waals surface area contributed by atoms with Gasteiger partial charge in [-0.15, -0.1) is 13.2 Å². The van der Waals surface area contributed by atoms with Crippen molar-refractivity contribution >= 4 is 28.6 Å². The summed E-state index contributed by atoms with van der Waals surface area (Å²) in [5.74, 6) is 0.781. The lowest BCUT2D eigenvalue weighted by Crippen LogP contribution is -2.46. The zero-order chi connectivity index (χ0) is 31.4. The van der Waals surface area contributed by atoms with Gasteiger partial charge in [-0.25, -0.2) is 4.98 Å². The number of imidazole rings is 1. The lowest BCUT2D eigenvalue weighted by atomic mass is 10.0. The monoisotopic (exact) mass is 615 g/mol. The summed E-state index contributed by atoms with van der Waals surface area (Å²) in [6, 6.07) is 13.1. The molecular formula is C31H40F3N7O3. The fraction of sp³-hybridized carbons (Fsp3) is 0.387. The molecule has 10 nitrogen and oxygen atoms in total. The molecule has 2 aromatic heterocycles. The summed E-state index contributed by atoms with van der Waals surface area (Å²) in [7, 11) is 3.94. The minimum Gasteiger partial charge on any atom is -0.457 e. The number of anilines is 2. The topological polar surface area (TPSA) is 96.8 Å². The van der Waals surface area contributed by atoms with Crippen LogP contribution < -0.4 is 20.1 Å².